The van der Waals surface area contributed by atoms with E-state index >= 15 is 0 Å². The Morgan fingerprint density at radius 2 is 2.00 bits per heavy atom. The van der Waals surface area contributed by atoms with Gasteiger partial charge in [0.15, 0.2) is 0 Å². The quantitative estimate of drug-likeness (QED) is 0.368. The minimum absolute atomic E-state index is 0. The maximum absolute atomic E-state index is 3.21. The molecule has 0 aromatic rings. The maximum atomic E-state index is 3.21. The van der Waals surface area contributed by atoms with Crippen molar-refractivity contribution in [1.82, 2.24) is 4.65 Å². The molecule has 4 heteroatoms. The summed E-state index contributed by atoms with van der Waals surface area (Å²) in [5, 5.41) is 0. The third-order valence-corrected chi connectivity index (χ3v) is 3.18. The van der Waals surface area contributed by atoms with Gasteiger partial charge in [-0.25, -0.2) is 0 Å². The molecule has 0 aliphatic carbocycles. The molecule has 0 bridgehead atoms. The predicted octanol–water partition coefficient (Wildman–Crippen LogP) is -2.66. The Labute approximate surface area is 60.6 Å². The first-order valence-corrected chi connectivity index (χ1v) is 4.68. The van der Waals surface area contributed by atoms with Crippen LogP contribution in [0.3, 0.4) is 0 Å². The van der Waals surface area contributed by atoms with Crippen LogP contribution in [0.1, 0.15) is 0 Å². The van der Waals surface area contributed by atoms with Gasteiger partial charge in [-0.3, -0.25) is 0 Å². The summed E-state index contributed by atoms with van der Waals surface area (Å²) in [5.41, 5.74) is 0. The molecule has 0 atom stereocenters. The summed E-state index contributed by atoms with van der Waals surface area (Å²) < 4.78 is 3.21. The molecule has 28 valence electrons. The standard InChI is InChI=1S/CH9NSi2.Na.H/c1-4-2-3;;/h2H,4H2,1,3H3;;. The second kappa shape index (κ2) is 9.04. The molecule has 0 saturated carbocycles. The van der Waals surface area contributed by atoms with Crippen molar-refractivity contribution in [2.75, 3.05) is 0 Å². The van der Waals surface area contributed by atoms with Gasteiger partial charge >= 0.3 is 29.6 Å². The molecule has 0 saturated heterocycles. The molecule has 0 fully saturated rings. The third kappa shape index (κ3) is 10.8. The van der Waals surface area contributed by atoms with Gasteiger partial charge in [-0.05, 0) is 0 Å². The van der Waals surface area contributed by atoms with Crippen molar-refractivity contribution in [2.24, 2.45) is 0 Å². The Bertz CT molecular complexity index is 11.6. The molecule has 0 aromatic carbocycles. The Balaban J connectivity index is 0. The fraction of sp³-hybridized carbons (Fsp3) is 1.00. The number of rotatable bonds is 1. The SMILES string of the molecule is C[SiH2]N[SiH3].[NaH]. The third-order valence-electron chi connectivity index (χ3n) is 0.354. The summed E-state index contributed by atoms with van der Waals surface area (Å²) in [6, 6.07) is 0. The zero-order chi connectivity index (χ0) is 3.41. The number of hydrogen-bond donors (Lipinski definition) is 1. The molecule has 1 N–H and O–H groups in total. The summed E-state index contributed by atoms with van der Waals surface area (Å²) >= 11 is 0. The summed E-state index contributed by atoms with van der Waals surface area (Å²) in [5.74, 6) is 0. The Morgan fingerprint density at radius 1 is 1.80 bits per heavy atom. The van der Waals surface area contributed by atoms with Crippen molar-refractivity contribution in [3.63, 3.8) is 0 Å². The van der Waals surface area contributed by atoms with Crippen LogP contribution >= 0.6 is 0 Å². The zero-order valence-corrected chi connectivity index (χ0v) is 6.62. The van der Waals surface area contributed by atoms with E-state index in [0.29, 0.717) is 0 Å². The van der Waals surface area contributed by atoms with Crippen molar-refractivity contribution in [2.45, 2.75) is 6.55 Å². The zero-order valence-electron chi connectivity index (χ0n) is 3.21. The Kier molecular flexibility index (Phi) is 17.4. The van der Waals surface area contributed by atoms with Crippen molar-refractivity contribution < 1.29 is 0 Å². The average molecular weight is 115 g/mol. The molecule has 0 aliphatic rings. The summed E-state index contributed by atoms with van der Waals surface area (Å²) in [7, 11) is 1.44. The molecule has 0 amide bonds. The fourth-order valence-corrected chi connectivity index (χ4v) is 0. The predicted molar refractivity (Wildman–Crippen MR) is 34.6 cm³/mol. The van der Waals surface area contributed by atoms with Crippen molar-refractivity contribution >= 4 is 49.6 Å². The fourth-order valence-electron chi connectivity index (χ4n) is 0. The van der Waals surface area contributed by atoms with E-state index in [1.165, 1.54) is 10.4 Å². The van der Waals surface area contributed by atoms with Gasteiger partial charge in [-0.1, -0.05) is 6.55 Å². The normalized spacial score (nSPS) is 9.00. The van der Waals surface area contributed by atoms with E-state index in [0.717, 1.165) is 0 Å². The van der Waals surface area contributed by atoms with Crippen LogP contribution in [0.15, 0.2) is 0 Å². The van der Waals surface area contributed by atoms with Gasteiger partial charge in [0.1, 0.15) is 0 Å². The van der Waals surface area contributed by atoms with E-state index in [4.69, 9.17) is 0 Å². The second-order valence-electron chi connectivity index (χ2n) is 0.707. The van der Waals surface area contributed by atoms with Crippen LogP contribution in [0.4, 0.5) is 0 Å². The first-order chi connectivity index (χ1) is 1.91. The van der Waals surface area contributed by atoms with E-state index in [1.54, 1.807) is 0 Å². The van der Waals surface area contributed by atoms with Gasteiger partial charge in [0, 0.05) is 0 Å². The monoisotopic (exact) mass is 115 g/mol. The molecule has 0 heterocycles. The summed E-state index contributed by atoms with van der Waals surface area (Å²) in [4.78, 5) is 0. The van der Waals surface area contributed by atoms with E-state index in [9.17, 15) is 0 Å². The van der Waals surface area contributed by atoms with Crippen molar-refractivity contribution in [3.8, 4) is 0 Å². The summed E-state index contributed by atoms with van der Waals surface area (Å²) in [6.07, 6.45) is 0. The Morgan fingerprint density at radius 3 is 2.00 bits per heavy atom. The van der Waals surface area contributed by atoms with Crippen LogP contribution in [0.5, 0.6) is 0 Å². The molecule has 0 spiro atoms. The number of hydrogen-bond acceptors (Lipinski definition) is 1. The van der Waals surface area contributed by atoms with Crippen LogP contribution in [-0.2, 0) is 0 Å². The molecule has 5 heavy (non-hydrogen) atoms. The van der Waals surface area contributed by atoms with Crippen LogP contribution in [0.2, 0.25) is 6.55 Å². The first-order valence-electron chi connectivity index (χ1n) is 1.56. The van der Waals surface area contributed by atoms with E-state index < -0.39 is 0 Å². The average Bonchev–Trinajstić information content (AvgIpc) is 1.37. The van der Waals surface area contributed by atoms with Crippen LogP contribution in [-0.4, -0.2) is 49.6 Å². The van der Waals surface area contributed by atoms with Crippen LogP contribution in [0.25, 0.3) is 0 Å². The van der Waals surface area contributed by atoms with Gasteiger partial charge in [0.25, 0.3) is 0 Å². The molecule has 0 radical (unpaired) electrons. The van der Waals surface area contributed by atoms with E-state index in [1.807, 2.05) is 0 Å². The molecule has 0 unspecified atom stereocenters. The first kappa shape index (κ1) is 9.64. The molecule has 0 rings (SSSR count). The van der Waals surface area contributed by atoms with Gasteiger partial charge in [-0.15, -0.1) is 0 Å². The minimum atomic E-state index is 0. The topological polar surface area (TPSA) is 12.0 Å². The van der Waals surface area contributed by atoms with Gasteiger partial charge in [0.2, 0.25) is 0 Å². The van der Waals surface area contributed by atoms with Crippen molar-refractivity contribution in [3.05, 3.63) is 0 Å². The van der Waals surface area contributed by atoms with Crippen LogP contribution < -0.4 is 4.65 Å². The van der Waals surface area contributed by atoms with E-state index in [2.05, 4.69) is 11.2 Å². The van der Waals surface area contributed by atoms with Crippen molar-refractivity contribution in [1.29, 1.82) is 0 Å². The van der Waals surface area contributed by atoms with Crippen LogP contribution in [0, 0.1) is 0 Å². The van der Waals surface area contributed by atoms with Gasteiger partial charge in [0.05, 0.1) is 20.1 Å². The molecule has 1 nitrogen and oxygen atoms in total. The molecular formula is CH10NNaSi2. The van der Waals surface area contributed by atoms with E-state index in [-0.39, 0.29) is 39.2 Å². The van der Waals surface area contributed by atoms with Gasteiger partial charge < -0.3 is 4.65 Å². The number of nitrogens with one attached hydrogen (secondary N) is 1. The van der Waals surface area contributed by atoms with Gasteiger partial charge in [-0.2, -0.15) is 0 Å². The Hall–Kier alpha value is 1.39. The second-order valence-corrected chi connectivity index (χ2v) is 4.24. The molecule has 0 aromatic heterocycles. The molecule has 0 aliphatic heterocycles. The summed E-state index contributed by atoms with van der Waals surface area (Å²) in [6.45, 7) is 2.24. The molecular weight excluding hydrogens is 105 g/mol.